The number of furan rings is 1. The highest BCUT2D eigenvalue weighted by Crippen LogP contribution is 2.50. The van der Waals surface area contributed by atoms with Crippen LogP contribution in [0.5, 0.6) is 0 Å². The Morgan fingerprint density at radius 3 is 2.22 bits per heavy atom. The molecule has 0 bridgehead atoms. The van der Waals surface area contributed by atoms with Gasteiger partial charge in [-0.15, -0.1) is 11.3 Å². The number of hydrogen-bond donors (Lipinski definition) is 0. The Bertz CT molecular complexity index is 2970. The number of rotatable bonds is 4. The van der Waals surface area contributed by atoms with E-state index >= 15 is 0 Å². The van der Waals surface area contributed by atoms with Crippen LogP contribution in [0.4, 0.5) is 17.1 Å². The molecule has 0 N–H and O–H groups in total. The first-order chi connectivity index (χ1) is 24.3. The third-order valence-corrected chi connectivity index (χ3v) is 11.7. The minimum absolute atomic E-state index is 0.275. The molecule has 0 saturated carbocycles. The lowest BCUT2D eigenvalue weighted by Gasteiger charge is -2.28. The zero-order valence-electron chi connectivity index (χ0n) is 26.6. The molecule has 0 spiro atoms. The van der Waals surface area contributed by atoms with Crippen LogP contribution in [-0.4, -0.2) is 0 Å². The molecule has 2 aromatic heterocycles. The van der Waals surface area contributed by atoms with E-state index in [9.17, 15) is 0 Å². The molecule has 1 aliphatic rings. The van der Waals surface area contributed by atoms with Gasteiger partial charge in [0.15, 0.2) is 0 Å². The fourth-order valence-corrected chi connectivity index (χ4v) is 9.54. The Kier molecular flexibility index (Phi) is 5.69. The summed E-state index contributed by atoms with van der Waals surface area (Å²) in [5.74, 6) is 0.275. The second-order valence-corrected chi connectivity index (χ2v) is 14.3. The minimum Gasteiger partial charge on any atom is -0.455 e. The standard InChI is InChI=1S/C46H29NOS/c1-2-13-34(14-3-1)47(39-27-38-36-16-4-6-18-40(36)48-45(38)44-37-17-5-7-19-41(37)49-46(39)44)35-15-9-12-30(26-35)33-24-31-22-20-28-10-8-11-29-21-23-32(25-33)43(31)42(28)29/h1-24,26-27,33H,25H2. The molecule has 0 amide bonds. The number of nitrogens with zero attached hydrogens (tertiary/aromatic N) is 1. The van der Waals surface area contributed by atoms with Gasteiger partial charge in [0, 0.05) is 43.5 Å². The van der Waals surface area contributed by atoms with Gasteiger partial charge in [-0.2, -0.15) is 0 Å². The number of thiophene rings is 1. The van der Waals surface area contributed by atoms with Crippen LogP contribution in [0, 0.1) is 0 Å². The molecule has 1 unspecified atom stereocenters. The predicted octanol–water partition coefficient (Wildman–Crippen LogP) is 12.6. The first kappa shape index (κ1) is 27.1. The van der Waals surface area contributed by atoms with Gasteiger partial charge in [-0.25, -0.2) is 0 Å². The second kappa shape index (κ2) is 10.3. The van der Waals surface area contributed by atoms with Gasteiger partial charge in [0.2, 0.25) is 0 Å². The van der Waals surface area contributed by atoms with Gasteiger partial charge >= 0.3 is 0 Å². The summed E-state index contributed by atoms with van der Waals surface area (Å²) in [5.41, 5.74) is 8.09. The quantitative estimate of drug-likeness (QED) is 0.190. The van der Waals surface area contributed by atoms with Gasteiger partial charge in [0.05, 0.1) is 10.4 Å². The van der Waals surface area contributed by atoms with Crippen molar-refractivity contribution in [2.24, 2.45) is 0 Å². The summed E-state index contributed by atoms with van der Waals surface area (Å²) >= 11 is 1.85. The van der Waals surface area contributed by atoms with E-state index in [0.717, 1.165) is 39.7 Å². The molecule has 2 nitrogen and oxygen atoms in total. The second-order valence-electron chi connectivity index (χ2n) is 13.2. The lowest BCUT2D eigenvalue weighted by atomic mass is 9.82. The Balaban J connectivity index is 1.15. The Morgan fingerprint density at radius 2 is 1.33 bits per heavy atom. The fraction of sp³-hybridized carbons (Fsp3) is 0.0435. The van der Waals surface area contributed by atoms with Gasteiger partial charge in [0.1, 0.15) is 11.2 Å². The van der Waals surface area contributed by atoms with Crippen molar-refractivity contribution in [2.75, 3.05) is 4.90 Å². The van der Waals surface area contributed by atoms with E-state index in [2.05, 4.69) is 163 Å². The number of para-hydroxylation sites is 2. The van der Waals surface area contributed by atoms with Crippen LogP contribution in [0.25, 0.3) is 69.7 Å². The van der Waals surface area contributed by atoms with Crippen molar-refractivity contribution in [3.05, 3.63) is 168 Å². The third-order valence-electron chi connectivity index (χ3n) is 10.5. The van der Waals surface area contributed by atoms with Crippen molar-refractivity contribution in [2.45, 2.75) is 12.3 Å². The Morgan fingerprint density at radius 1 is 0.571 bits per heavy atom. The minimum atomic E-state index is 0.275. The zero-order chi connectivity index (χ0) is 32.1. The maximum Gasteiger partial charge on any atom is 0.144 e. The number of anilines is 3. The Hall–Kier alpha value is -5.90. The average molecular weight is 644 g/mol. The number of benzene rings is 8. The molecular formula is C46H29NOS. The molecule has 3 heteroatoms. The van der Waals surface area contributed by atoms with Crippen LogP contribution in [0.3, 0.4) is 0 Å². The monoisotopic (exact) mass is 643 g/mol. The van der Waals surface area contributed by atoms with E-state index in [4.69, 9.17) is 4.42 Å². The van der Waals surface area contributed by atoms with Gasteiger partial charge < -0.3 is 9.32 Å². The van der Waals surface area contributed by atoms with Crippen LogP contribution in [0.1, 0.15) is 17.0 Å². The molecule has 0 radical (unpaired) electrons. The molecule has 11 rings (SSSR count). The molecular weight excluding hydrogens is 615 g/mol. The van der Waals surface area contributed by atoms with Crippen molar-refractivity contribution in [1.82, 2.24) is 0 Å². The normalized spacial score (nSPS) is 14.4. The Labute approximate surface area is 286 Å². The summed E-state index contributed by atoms with van der Waals surface area (Å²) in [6.07, 6.45) is 3.48. The lowest BCUT2D eigenvalue weighted by Crippen LogP contribution is -2.16. The number of fused-ring (bicyclic) bond motifs is 7. The highest BCUT2D eigenvalue weighted by atomic mass is 32.1. The van der Waals surface area contributed by atoms with E-state index < -0.39 is 0 Å². The highest BCUT2D eigenvalue weighted by molar-refractivity contribution is 7.26. The molecule has 49 heavy (non-hydrogen) atoms. The summed E-state index contributed by atoms with van der Waals surface area (Å²) < 4.78 is 9.12. The summed E-state index contributed by atoms with van der Waals surface area (Å²) in [5, 5.41) is 11.5. The van der Waals surface area contributed by atoms with Crippen molar-refractivity contribution in [3.8, 4) is 0 Å². The predicted molar refractivity (Wildman–Crippen MR) is 209 cm³/mol. The maximum atomic E-state index is 6.63. The third kappa shape index (κ3) is 4.00. The van der Waals surface area contributed by atoms with Crippen molar-refractivity contribution >= 4 is 98.1 Å². The zero-order valence-corrected chi connectivity index (χ0v) is 27.4. The van der Waals surface area contributed by atoms with E-state index in [1.54, 1.807) is 0 Å². The van der Waals surface area contributed by atoms with Gasteiger partial charge in [-0.1, -0.05) is 115 Å². The average Bonchev–Trinajstić information content (AvgIpc) is 3.73. The van der Waals surface area contributed by atoms with Gasteiger partial charge in [-0.3, -0.25) is 0 Å². The maximum absolute atomic E-state index is 6.63. The summed E-state index contributed by atoms with van der Waals surface area (Å²) in [7, 11) is 0. The van der Waals surface area contributed by atoms with Crippen molar-refractivity contribution < 1.29 is 4.42 Å². The first-order valence-electron chi connectivity index (χ1n) is 16.9. The van der Waals surface area contributed by atoms with Crippen LogP contribution in [-0.2, 0) is 6.42 Å². The summed E-state index contributed by atoms with van der Waals surface area (Å²) in [6, 6.07) is 55.4. The highest BCUT2D eigenvalue weighted by Gasteiger charge is 2.25. The van der Waals surface area contributed by atoms with Crippen molar-refractivity contribution in [1.29, 1.82) is 0 Å². The SMILES string of the molecule is C1=c2ccc3cccc4ccc(c2c43)CC1c1cccc(N(c2ccccc2)c2cc3c4ccccc4oc3c3c2sc2ccccc23)c1. The van der Waals surface area contributed by atoms with Gasteiger partial charge in [-0.05, 0) is 86.8 Å². The molecule has 0 aliphatic heterocycles. The fourth-order valence-electron chi connectivity index (χ4n) is 8.33. The smallest absolute Gasteiger partial charge is 0.144 e. The van der Waals surface area contributed by atoms with Crippen LogP contribution in [0.2, 0.25) is 0 Å². The van der Waals surface area contributed by atoms with E-state index in [-0.39, 0.29) is 5.92 Å². The molecule has 10 aromatic rings. The van der Waals surface area contributed by atoms with E-state index in [1.165, 1.54) is 63.8 Å². The first-order valence-corrected chi connectivity index (χ1v) is 17.8. The topological polar surface area (TPSA) is 16.4 Å². The van der Waals surface area contributed by atoms with Crippen LogP contribution < -0.4 is 10.1 Å². The summed E-state index contributed by atoms with van der Waals surface area (Å²) in [4.78, 5) is 2.45. The molecule has 1 atom stereocenters. The molecule has 0 saturated heterocycles. The molecule has 0 fully saturated rings. The molecule has 2 heterocycles. The number of hydrogen-bond acceptors (Lipinski definition) is 3. The lowest BCUT2D eigenvalue weighted by molar-refractivity contribution is 0.673. The van der Waals surface area contributed by atoms with Crippen LogP contribution in [0.15, 0.2) is 156 Å². The van der Waals surface area contributed by atoms with Crippen LogP contribution >= 0.6 is 11.3 Å². The molecule has 230 valence electrons. The van der Waals surface area contributed by atoms with E-state index in [0.29, 0.717) is 0 Å². The van der Waals surface area contributed by atoms with Gasteiger partial charge in [0.25, 0.3) is 0 Å². The largest absolute Gasteiger partial charge is 0.455 e. The summed E-state index contributed by atoms with van der Waals surface area (Å²) in [6.45, 7) is 0. The molecule has 1 aliphatic carbocycles. The van der Waals surface area contributed by atoms with Crippen molar-refractivity contribution in [3.63, 3.8) is 0 Å². The van der Waals surface area contributed by atoms with E-state index in [1.807, 2.05) is 11.3 Å². The molecule has 8 aromatic carbocycles.